The lowest BCUT2D eigenvalue weighted by molar-refractivity contribution is -0.146. The van der Waals surface area contributed by atoms with Crippen LogP contribution in [-0.4, -0.2) is 70.7 Å². The molecule has 0 atom stereocenters. The molecular formula is C17H24N2O7S. The Kier molecular flexibility index (Phi) is 7.17. The summed E-state index contributed by atoms with van der Waals surface area (Å²) in [4.78, 5) is 24.0. The number of nitrogens with one attached hydrogen (secondary N) is 1. The van der Waals surface area contributed by atoms with Gasteiger partial charge in [-0.2, -0.15) is 4.31 Å². The van der Waals surface area contributed by atoms with Crippen molar-refractivity contribution in [2.24, 2.45) is 0 Å². The van der Waals surface area contributed by atoms with E-state index in [0.717, 1.165) is 0 Å². The van der Waals surface area contributed by atoms with Gasteiger partial charge in [0.05, 0.1) is 36.9 Å². The van der Waals surface area contributed by atoms with Gasteiger partial charge < -0.3 is 19.5 Å². The molecule has 27 heavy (non-hydrogen) atoms. The summed E-state index contributed by atoms with van der Waals surface area (Å²) in [6, 6.07) is 4.04. The molecule has 0 unspecified atom stereocenters. The molecule has 0 aliphatic carbocycles. The van der Waals surface area contributed by atoms with Crippen LogP contribution in [0.15, 0.2) is 23.1 Å². The number of morpholine rings is 1. The van der Waals surface area contributed by atoms with E-state index < -0.39 is 21.9 Å². The Labute approximate surface area is 158 Å². The zero-order valence-electron chi connectivity index (χ0n) is 15.6. The standard InChI is InChI=1S/C17H24N2O7S/c1-12(2)26-16(20)11-18-17(21)14-10-13(4-5-15(14)24-3)27(22,23)19-6-8-25-9-7-19/h4-5,10,12H,6-9,11H2,1-3H3,(H,18,21). The number of hydrogen-bond donors (Lipinski definition) is 1. The molecule has 0 saturated carbocycles. The van der Waals surface area contributed by atoms with Gasteiger partial charge in [-0.1, -0.05) is 0 Å². The quantitative estimate of drug-likeness (QED) is 0.659. The molecule has 1 aliphatic rings. The Balaban J connectivity index is 2.21. The van der Waals surface area contributed by atoms with Crippen molar-refractivity contribution in [3.63, 3.8) is 0 Å². The minimum Gasteiger partial charge on any atom is -0.496 e. The highest BCUT2D eigenvalue weighted by molar-refractivity contribution is 7.89. The summed E-state index contributed by atoms with van der Waals surface area (Å²) >= 11 is 0. The molecule has 1 heterocycles. The van der Waals surface area contributed by atoms with Gasteiger partial charge in [0.2, 0.25) is 10.0 Å². The van der Waals surface area contributed by atoms with Gasteiger partial charge in [-0.3, -0.25) is 9.59 Å². The van der Waals surface area contributed by atoms with Crippen LogP contribution in [0.25, 0.3) is 0 Å². The first-order valence-electron chi connectivity index (χ1n) is 8.49. The molecule has 1 aromatic rings. The number of amides is 1. The summed E-state index contributed by atoms with van der Waals surface area (Å²) in [5.41, 5.74) is 0.0178. The average molecular weight is 400 g/mol. The van der Waals surface area contributed by atoms with Gasteiger partial charge in [-0.05, 0) is 32.0 Å². The van der Waals surface area contributed by atoms with Crippen molar-refractivity contribution in [2.45, 2.75) is 24.8 Å². The van der Waals surface area contributed by atoms with Crippen LogP contribution < -0.4 is 10.1 Å². The van der Waals surface area contributed by atoms with Crippen LogP contribution in [-0.2, 0) is 24.3 Å². The van der Waals surface area contributed by atoms with Crippen molar-refractivity contribution in [2.75, 3.05) is 40.0 Å². The highest BCUT2D eigenvalue weighted by Gasteiger charge is 2.28. The maximum atomic E-state index is 12.8. The van der Waals surface area contributed by atoms with Crippen molar-refractivity contribution < 1.29 is 32.2 Å². The normalized spacial score (nSPS) is 15.4. The molecule has 0 bridgehead atoms. The van der Waals surface area contributed by atoms with E-state index in [4.69, 9.17) is 14.2 Å². The molecule has 0 aromatic heterocycles. The van der Waals surface area contributed by atoms with Crippen LogP contribution in [0.1, 0.15) is 24.2 Å². The van der Waals surface area contributed by atoms with E-state index >= 15 is 0 Å². The molecule has 1 fully saturated rings. The van der Waals surface area contributed by atoms with E-state index in [9.17, 15) is 18.0 Å². The maximum Gasteiger partial charge on any atom is 0.325 e. The number of methoxy groups -OCH3 is 1. The van der Waals surface area contributed by atoms with E-state index in [1.54, 1.807) is 13.8 Å². The van der Waals surface area contributed by atoms with Crippen LogP contribution in [0, 0.1) is 0 Å². The van der Waals surface area contributed by atoms with E-state index in [0.29, 0.717) is 13.2 Å². The molecule has 0 spiro atoms. The zero-order valence-corrected chi connectivity index (χ0v) is 16.4. The molecule has 0 radical (unpaired) electrons. The van der Waals surface area contributed by atoms with E-state index in [2.05, 4.69) is 5.32 Å². The lowest BCUT2D eigenvalue weighted by Gasteiger charge is -2.26. The third-order valence-electron chi connectivity index (χ3n) is 3.78. The fraction of sp³-hybridized carbons (Fsp3) is 0.529. The average Bonchev–Trinajstić information content (AvgIpc) is 2.65. The zero-order chi connectivity index (χ0) is 20.0. The van der Waals surface area contributed by atoms with Crippen LogP contribution in [0.2, 0.25) is 0 Å². The van der Waals surface area contributed by atoms with E-state index in [-0.39, 0.29) is 41.9 Å². The third-order valence-corrected chi connectivity index (χ3v) is 5.68. The summed E-state index contributed by atoms with van der Waals surface area (Å²) < 4.78 is 42.1. The second kappa shape index (κ2) is 9.16. The summed E-state index contributed by atoms with van der Waals surface area (Å²) in [6.07, 6.45) is -0.300. The van der Waals surface area contributed by atoms with Gasteiger partial charge in [-0.15, -0.1) is 0 Å². The van der Waals surface area contributed by atoms with Crippen molar-refractivity contribution in [3.05, 3.63) is 23.8 Å². The molecule has 1 aromatic carbocycles. The Morgan fingerprint density at radius 3 is 2.52 bits per heavy atom. The summed E-state index contributed by atoms with van der Waals surface area (Å²) in [5, 5.41) is 2.42. The molecule has 9 nitrogen and oxygen atoms in total. The van der Waals surface area contributed by atoms with Crippen molar-refractivity contribution in [1.82, 2.24) is 9.62 Å². The lowest BCUT2D eigenvalue weighted by atomic mass is 10.2. The molecule has 1 saturated heterocycles. The lowest BCUT2D eigenvalue weighted by Crippen LogP contribution is -2.40. The number of benzene rings is 1. The fourth-order valence-electron chi connectivity index (χ4n) is 2.51. The molecule has 150 valence electrons. The van der Waals surface area contributed by atoms with Crippen molar-refractivity contribution >= 4 is 21.9 Å². The second-order valence-electron chi connectivity index (χ2n) is 6.10. The predicted molar refractivity (Wildman–Crippen MR) is 96.1 cm³/mol. The number of nitrogens with zero attached hydrogens (tertiary/aromatic N) is 1. The van der Waals surface area contributed by atoms with Crippen LogP contribution in [0.5, 0.6) is 5.75 Å². The van der Waals surface area contributed by atoms with Gasteiger partial charge in [0.1, 0.15) is 12.3 Å². The molecule has 1 N–H and O–H groups in total. The van der Waals surface area contributed by atoms with Gasteiger partial charge >= 0.3 is 5.97 Å². The monoisotopic (exact) mass is 400 g/mol. The van der Waals surface area contributed by atoms with Crippen molar-refractivity contribution in [3.8, 4) is 5.75 Å². The minimum absolute atomic E-state index is 0.0178. The molecular weight excluding hydrogens is 376 g/mol. The van der Waals surface area contributed by atoms with Crippen LogP contribution in [0.3, 0.4) is 0 Å². The van der Waals surface area contributed by atoms with Crippen molar-refractivity contribution in [1.29, 1.82) is 0 Å². The Morgan fingerprint density at radius 1 is 1.26 bits per heavy atom. The van der Waals surface area contributed by atoms with Gasteiger partial charge in [-0.25, -0.2) is 8.42 Å². The van der Waals surface area contributed by atoms with Crippen LogP contribution >= 0.6 is 0 Å². The topological polar surface area (TPSA) is 111 Å². The summed E-state index contributed by atoms with van der Waals surface area (Å²) in [5.74, 6) is -1.02. The fourth-order valence-corrected chi connectivity index (χ4v) is 3.95. The number of ether oxygens (including phenoxy) is 3. The number of esters is 1. The van der Waals surface area contributed by atoms with E-state index in [1.807, 2.05) is 0 Å². The number of hydrogen-bond acceptors (Lipinski definition) is 7. The second-order valence-corrected chi connectivity index (χ2v) is 8.04. The highest BCUT2D eigenvalue weighted by Crippen LogP contribution is 2.25. The number of sulfonamides is 1. The Bertz CT molecular complexity index is 786. The summed E-state index contributed by atoms with van der Waals surface area (Å²) in [7, 11) is -2.39. The predicted octanol–water partition coefficient (Wildman–Crippen LogP) is 0.398. The summed E-state index contributed by atoms with van der Waals surface area (Å²) in [6.45, 7) is 4.20. The first kappa shape index (κ1) is 21.1. The first-order chi connectivity index (χ1) is 12.8. The molecule has 1 amide bonds. The molecule has 10 heteroatoms. The minimum atomic E-state index is -3.76. The largest absolute Gasteiger partial charge is 0.496 e. The number of carbonyl (C=O) groups excluding carboxylic acids is 2. The number of rotatable bonds is 7. The first-order valence-corrected chi connectivity index (χ1v) is 9.93. The Hall–Kier alpha value is -2.17. The number of carbonyl (C=O) groups is 2. The van der Waals surface area contributed by atoms with Crippen LogP contribution in [0.4, 0.5) is 0 Å². The van der Waals surface area contributed by atoms with Gasteiger partial charge in [0.25, 0.3) is 5.91 Å². The Morgan fingerprint density at radius 2 is 1.93 bits per heavy atom. The maximum absolute atomic E-state index is 12.8. The third kappa shape index (κ3) is 5.41. The van der Waals surface area contributed by atoms with Gasteiger partial charge in [0, 0.05) is 13.1 Å². The highest BCUT2D eigenvalue weighted by atomic mass is 32.2. The van der Waals surface area contributed by atoms with Gasteiger partial charge in [0.15, 0.2) is 0 Å². The van der Waals surface area contributed by atoms with E-state index in [1.165, 1.54) is 29.6 Å². The smallest absolute Gasteiger partial charge is 0.325 e. The SMILES string of the molecule is COc1ccc(S(=O)(=O)N2CCOCC2)cc1C(=O)NCC(=O)OC(C)C. The molecule has 1 aliphatic heterocycles. The molecule has 2 rings (SSSR count).